The average Bonchev–Trinajstić information content (AvgIpc) is 3.08. The van der Waals surface area contributed by atoms with E-state index in [9.17, 15) is 9.59 Å². The zero-order chi connectivity index (χ0) is 16.6. The quantitative estimate of drug-likeness (QED) is 0.786. The van der Waals surface area contributed by atoms with Crippen LogP contribution in [0, 0.1) is 0 Å². The first-order valence-corrected chi connectivity index (χ1v) is 8.60. The summed E-state index contributed by atoms with van der Waals surface area (Å²) in [5, 5.41) is 0. The van der Waals surface area contributed by atoms with Gasteiger partial charge in [0.1, 0.15) is 12.3 Å². The molecule has 0 bridgehead atoms. The standard InChI is InChI=1S/C15H22N4O3S/c1-17(2)13(20)6-22-11-4-15(23-7-11)8-19(9-15)14(21)12-5-18(3)10-16-12/h5,10-11H,4,6-9H2,1-3H3/t11-/m0/s1. The van der Waals surface area contributed by atoms with Crippen LogP contribution in [0.1, 0.15) is 16.9 Å². The second kappa shape index (κ2) is 6.16. The van der Waals surface area contributed by atoms with Crippen LogP contribution in [0.15, 0.2) is 12.5 Å². The minimum atomic E-state index is -0.0171. The SMILES string of the molecule is CN(C)C(=O)CO[C@@H]1CSC2(C1)CN(C(=O)c1cn(C)cn1)C2. The molecule has 3 rings (SSSR count). The van der Waals surface area contributed by atoms with Crippen LogP contribution in [-0.4, -0.2) is 81.6 Å². The minimum absolute atomic E-state index is 0.0102. The molecule has 1 spiro atoms. The Morgan fingerprint density at radius 1 is 1.48 bits per heavy atom. The largest absolute Gasteiger partial charge is 0.367 e. The molecule has 0 saturated carbocycles. The van der Waals surface area contributed by atoms with Gasteiger partial charge in [-0.05, 0) is 6.42 Å². The van der Waals surface area contributed by atoms with Crippen LogP contribution < -0.4 is 0 Å². The average molecular weight is 338 g/mol. The van der Waals surface area contributed by atoms with E-state index in [1.165, 1.54) is 4.90 Å². The van der Waals surface area contributed by atoms with Gasteiger partial charge in [-0.1, -0.05) is 0 Å². The van der Waals surface area contributed by atoms with Crippen molar-refractivity contribution < 1.29 is 14.3 Å². The first kappa shape index (κ1) is 16.3. The van der Waals surface area contributed by atoms with Crippen molar-refractivity contribution in [3.63, 3.8) is 0 Å². The molecule has 2 saturated heterocycles. The summed E-state index contributed by atoms with van der Waals surface area (Å²) in [6.45, 7) is 1.59. The van der Waals surface area contributed by atoms with Crippen LogP contribution in [0.2, 0.25) is 0 Å². The van der Waals surface area contributed by atoms with E-state index in [-0.39, 0.29) is 29.3 Å². The number of imidazole rings is 1. The third-order valence-corrected chi connectivity index (χ3v) is 5.86. The van der Waals surface area contributed by atoms with Crippen molar-refractivity contribution >= 4 is 23.6 Å². The number of carbonyl (C=O) groups is 2. The molecular weight excluding hydrogens is 316 g/mol. The maximum atomic E-state index is 12.3. The molecule has 0 radical (unpaired) electrons. The molecule has 126 valence electrons. The molecule has 0 N–H and O–H groups in total. The van der Waals surface area contributed by atoms with Gasteiger partial charge in [-0.15, -0.1) is 11.8 Å². The van der Waals surface area contributed by atoms with Gasteiger partial charge in [0.15, 0.2) is 0 Å². The predicted molar refractivity (Wildman–Crippen MR) is 87.4 cm³/mol. The minimum Gasteiger partial charge on any atom is -0.367 e. The lowest BCUT2D eigenvalue weighted by atomic mass is 9.92. The fourth-order valence-corrected chi connectivity index (χ4v) is 4.48. The van der Waals surface area contributed by atoms with Crippen LogP contribution in [0.5, 0.6) is 0 Å². The first-order valence-electron chi connectivity index (χ1n) is 7.61. The van der Waals surface area contributed by atoms with Crippen molar-refractivity contribution in [3.8, 4) is 0 Å². The Balaban J connectivity index is 1.47. The molecule has 1 atom stereocenters. The number of aryl methyl sites for hydroxylation is 1. The monoisotopic (exact) mass is 338 g/mol. The van der Waals surface area contributed by atoms with Crippen LogP contribution in [-0.2, 0) is 16.6 Å². The topological polar surface area (TPSA) is 67.7 Å². The number of likely N-dealkylation sites (N-methyl/N-ethyl adjacent to an activating group) is 1. The molecule has 1 aromatic heterocycles. The molecule has 0 aromatic carbocycles. The number of hydrogen-bond acceptors (Lipinski definition) is 5. The number of nitrogens with zero attached hydrogens (tertiary/aromatic N) is 4. The number of rotatable bonds is 4. The molecule has 2 amide bonds. The Kier molecular flexibility index (Phi) is 4.37. The van der Waals surface area contributed by atoms with Gasteiger partial charge < -0.3 is 19.1 Å². The maximum absolute atomic E-state index is 12.3. The van der Waals surface area contributed by atoms with Gasteiger partial charge in [0.2, 0.25) is 5.91 Å². The van der Waals surface area contributed by atoms with Gasteiger partial charge in [-0.2, -0.15) is 0 Å². The second-order valence-electron chi connectivity index (χ2n) is 6.50. The van der Waals surface area contributed by atoms with E-state index in [0.29, 0.717) is 5.69 Å². The normalized spacial score (nSPS) is 22.2. The number of ether oxygens (including phenoxy) is 1. The summed E-state index contributed by atoms with van der Waals surface area (Å²) in [7, 11) is 5.30. The molecule has 7 nitrogen and oxygen atoms in total. The van der Waals surface area contributed by atoms with Crippen molar-refractivity contribution in [2.24, 2.45) is 7.05 Å². The fourth-order valence-electron chi connectivity index (χ4n) is 2.93. The molecular formula is C15H22N4O3S. The van der Waals surface area contributed by atoms with Crippen molar-refractivity contribution in [2.75, 3.05) is 39.5 Å². The van der Waals surface area contributed by atoms with Crippen molar-refractivity contribution in [1.29, 1.82) is 0 Å². The lowest BCUT2D eigenvalue weighted by molar-refractivity contribution is -0.135. The third kappa shape index (κ3) is 3.37. The number of amides is 2. The van der Waals surface area contributed by atoms with Crippen LogP contribution in [0.25, 0.3) is 0 Å². The summed E-state index contributed by atoms with van der Waals surface area (Å²) < 4.78 is 7.58. The second-order valence-corrected chi connectivity index (χ2v) is 7.99. The summed E-state index contributed by atoms with van der Waals surface area (Å²) in [5.41, 5.74) is 0.495. The molecule has 1 aromatic rings. The maximum Gasteiger partial charge on any atom is 0.274 e. The molecule has 3 heterocycles. The van der Waals surface area contributed by atoms with Crippen LogP contribution in [0.4, 0.5) is 0 Å². The van der Waals surface area contributed by atoms with E-state index in [2.05, 4.69) is 4.98 Å². The van der Waals surface area contributed by atoms with E-state index in [0.717, 1.165) is 25.3 Å². The third-order valence-electron chi connectivity index (χ3n) is 4.29. The fraction of sp³-hybridized carbons (Fsp3) is 0.667. The zero-order valence-electron chi connectivity index (χ0n) is 13.7. The highest BCUT2D eigenvalue weighted by Crippen LogP contribution is 2.46. The van der Waals surface area contributed by atoms with Gasteiger partial charge in [-0.3, -0.25) is 9.59 Å². The van der Waals surface area contributed by atoms with Crippen molar-refractivity contribution in [1.82, 2.24) is 19.4 Å². The summed E-state index contributed by atoms with van der Waals surface area (Å²) in [4.78, 5) is 31.4. The van der Waals surface area contributed by atoms with E-state index < -0.39 is 0 Å². The Morgan fingerprint density at radius 3 is 2.83 bits per heavy atom. The highest BCUT2D eigenvalue weighted by molar-refractivity contribution is 8.01. The van der Waals surface area contributed by atoms with Crippen LogP contribution in [0.3, 0.4) is 0 Å². The smallest absolute Gasteiger partial charge is 0.274 e. The molecule has 8 heteroatoms. The zero-order valence-corrected chi connectivity index (χ0v) is 14.5. The van der Waals surface area contributed by atoms with E-state index >= 15 is 0 Å². The van der Waals surface area contributed by atoms with E-state index in [1.54, 1.807) is 31.2 Å². The number of likely N-dealkylation sites (tertiary alicyclic amines) is 1. The molecule has 2 aliphatic rings. The first-order chi connectivity index (χ1) is 10.9. The molecule has 23 heavy (non-hydrogen) atoms. The lowest BCUT2D eigenvalue weighted by Crippen LogP contribution is -2.60. The van der Waals surface area contributed by atoms with Crippen molar-refractivity contribution in [3.05, 3.63) is 18.2 Å². The highest BCUT2D eigenvalue weighted by Gasteiger charge is 2.51. The Labute approximate surface area is 140 Å². The van der Waals surface area contributed by atoms with Gasteiger partial charge in [0.25, 0.3) is 5.91 Å². The molecule has 0 aliphatic carbocycles. The van der Waals surface area contributed by atoms with Gasteiger partial charge >= 0.3 is 0 Å². The Bertz CT molecular complexity index is 610. The van der Waals surface area contributed by atoms with Gasteiger partial charge in [0.05, 0.1) is 17.2 Å². The van der Waals surface area contributed by atoms with Crippen molar-refractivity contribution in [2.45, 2.75) is 17.3 Å². The predicted octanol–water partition coefficient (Wildman–Crippen LogP) is 0.225. The number of carbonyl (C=O) groups excluding carboxylic acids is 2. The van der Waals surface area contributed by atoms with Gasteiger partial charge in [-0.25, -0.2) is 4.98 Å². The summed E-state index contributed by atoms with van der Waals surface area (Å²) >= 11 is 1.85. The number of hydrogen-bond donors (Lipinski definition) is 0. The lowest BCUT2D eigenvalue weighted by Gasteiger charge is -2.47. The summed E-state index contributed by atoms with van der Waals surface area (Å²) in [6.07, 6.45) is 4.37. The van der Waals surface area contributed by atoms with E-state index in [1.807, 2.05) is 23.7 Å². The molecule has 2 aliphatic heterocycles. The summed E-state index contributed by atoms with van der Waals surface area (Å²) in [5.74, 6) is 0.854. The van der Waals surface area contributed by atoms with Gasteiger partial charge in [0, 0.05) is 46.2 Å². The number of thioether (sulfide) groups is 1. The summed E-state index contributed by atoms with van der Waals surface area (Å²) in [6, 6.07) is 0. The Hall–Kier alpha value is -1.54. The molecule has 2 fully saturated rings. The highest BCUT2D eigenvalue weighted by atomic mass is 32.2. The van der Waals surface area contributed by atoms with Crippen LogP contribution >= 0.6 is 11.8 Å². The van der Waals surface area contributed by atoms with E-state index in [4.69, 9.17) is 4.74 Å². The Morgan fingerprint density at radius 2 is 2.22 bits per heavy atom. The number of aromatic nitrogens is 2. The molecule has 0 unspecified atom stereocenters.